The van der Waals surface area contributed by atoms with Crippen LogP contribution in [0.2, 0.25) is 0 Å². The number of benzene rings is 1. The average Bonchev–Trinajstić information content (AvgIpc) is 3.08. The van der Waals surface area contributed by atoms with E-state index in [-0.39, 0.29) is 16.7 Å². The molecule has 138 valence electrons. The van der Waals surface area contributed by atoms with Gasteiger partial charge in [-0.25, -0.2) is 8.42 Å². The smallest absolute Gasteiger partial charge is 0.243 e. The number of hydrogen-bond acceptors (Lipinski definition) is 4. The van der Waals surface area contributed by atoms with E-state index in [4.69, 9.17) is 0 Å². The minimum absolute atomic E-state index is 0.106. The highest BCUT2D eigenvalue weighted by Gasteiger charge is 2.23. The molecule has 0 aliphatic heterocycles. The van der Waals surface area contributed by atoms with Gasteiger partial charge in [-0.3, -0.25) is 4.79 Å². The van der Waals surface area contributed by atoms with E-state index in [9.17, 15) is 13.2 Å². The molecule has 2 N–H and O–H groups in total. The number of sulfonamides is 1. The van der Waals surface area contributed by atoms with Crippen LogP contribution in [-0.4, -0.2) is 38.8 Å². The Balaban J connectivity index is 2.24. The number of hydrogen-bond donors (Lipinski definition) is 2. The van der Waals surface area contributed by atoms with Crippen LogP contribution in [0.4, 0.5) is 11.4 Å². The largest absolute Gasteiger partial charge is 0.386 e. The molecule has 0 radical (unpaired) electrons. The van der Waals surface area contributed by atoms with E-state index in [0.717, 1.165) is 12.8 Å². The maximum atomic E-state index is 12.7. The van der Waals surface area contributed by atoms with Crippen molar-refractivity contribution in [2.45, 2.75) is 38.0 Å². The highest BCUT2D eigenvalue weighted by Crippen LogP contribution is 2.28. The second-order valence-corrected chi connectivity index (χ2v) is 8.00. The van der Waals surface area contributed by atoms with E-state index in [1.54, 1.807) is 33.0 Å². The molecule has 0 bridgehead atoms. The van der Waals surface area contributed by atoms with Crippen molar-refractivity contribution >= 4 is 27.3 Å². The van der Waals surface area contributed by atoms with Gasteiger partial charge in [0.05, 0.1) is 16.3 Å². The lowest BCUT2D eigenvalue weighted by atomic mass is 10.0. The zero-order valence-electron chi connectivity index (χ0n) is 15.1. The third-order valence-electron chi connectivity index (χ3n) is 4.44. The van der Waals surface area contributed by atoms with Gasteiger partial charge in [0.2, 0.25) is 15.9 Å². The molecule has 1 aromatic carbocycles. The third-order valence-corrected chi connectivity index (χ3v) is 6.48. The van der Waals surface area contributed by atoms with Crippen molar-refractivity contribution < 1.29 is 13.2 Å². The molecule has 1 amide bonds. The second-order valence-electron chi connectivity index (χ2n) is 6.06. The summed E-state index contributed by atoms with van der Waals surface area (Å²) in [5.41, 5.74) is 1.18. The van der Waals surface area contributed by atoms with Crippen LogP contribution >= 0.6 is 0 Å². The molecule has 25 heavy (non-hydrogen) atoms. The van der Waals surface area contributed by atoms with Crippen LogP contribution in [-0.2, 0) is 14.8 Å². The first-order valence-corrected chi connectivity index (χ1v) is 10.1. The van der Waals surface area contributed by atoms with Crippen LogP contribution in [0, 0.1) is 5.92 Å². The average molecular weight is 365 g/mol. The molecule has 1 aliphatic carbocycles. The first-order chi connectivity index (χ1) is 11.9. The van der Waals surface area contributed by atoms with Gasteiger partial charge in [-0.15, -0.1) is 0 Å². The summed E-state index contributed by atoms with van der Waals surface area (Å²) in [5.74, 6) is 0.158. The normalized spacial score (nSPS) is 17.0. The van der Waals surface area contributed by atoms with Crippen molar-refractivity contribution in [3.8, 4) is 0 Å². The Hall–Kier alpha value is -1.86. The number of carbonyl (C=O) groups excluding carboxylic acids is 1. The lowest BCUT2D eigenvalue weighted by Crippen LogP contribution is -2.30. The van der Waals surface area contributed by atoms with Crippen LogP contribution in [0.5, 0.6) is 0 Å². The monoisotopic (exact) mass is 365 g/mol. The number of nitrogens with zero attached hydrogens (tertiary/aromatic N) is 1. The molecule has 1 atom stereocenters. The van der Waals surface area contributed by atoms with Crippen LogP contribution < -0.4 is 10.6 Å². The molecular weight excluding hydrogens is 338 g/mol. The number of nitrogens with one attached hydrogen (secondary N) is 2. The first-order valence-electron chi connectivity index (χ1n) is 8.70. The Kier molecular flexibility index (Phi) is 6.61. The summed E-state index contributed by atoms with van der Waals surface area (Å²) in [6.07, 6.45) is 6.57. The van der Waals surface area contributed by atoms with Crippen molar-refractivity contribution in [2.75, 3.05) is 30.8 Å². The van der Waals surface area contributed by atoms with Crippen LogP contribution in [0.1, 0.15) is 33.1 Å². The van der Waals surface area contributed by atoms with Gasteiger partial charge >= 0.3 is 0 Å². The SMILES string of the molecule is CCN(CC)S(=O)(=O)c1ccc(NC)c(NC(=O)C[C@@H]2C=CCC2)c1. The summed E-state index contributed by atoms with van der Waals surface area (Å²) in [6.45, 7) is 4.42. The Labute approximate surface area is 150 Å². The van der Waals surface area contributed by atoms with Gasteiger partial charge in [0.25, 0.3) is 0 Å². The van der Waals surface area contributed by atoms with E-state index >= 15 is 0 Å². The molecule has 0 saturated heterocycles. The summed E-state index contributed by atoms with van der Waals surface area (Å²) in [7, 11) is -1.82. The number of amides is 1. The molecule has 1 aliphatic rings. The summed E-state index contributed by atoms with van der Waals surface area (Å²) >= 11 is 0. The standard InChI is InChI=1S/C18H27N3O3S/c1-4-21(5-2)25(23,24)15-10-11-16(19-3)17(13-15)20-18(22)12-14-8-6-7-9-14/h6,8,10-11,13-14,19H,4-5,7,9,12H2,1-3H3,(H,20,22)/t14-/m1/s1. The molecule has 0 aromatic heterocycles. The van der Waals surface area contributed by atoms with Crippen LogP contribution in [0.3, 0.4) is 0 Å². The van der Waals surface area contributed by atoms with E-state index < -0.39 is 10.0 Å². The number of rotatable bonds is 8. The predicted molar refractivity (Wildman–Crippen MR) is 101 cm³/mol. The maximum Gasteiger partial charge on any atom is 0.243 e. The molecule has 2 rings (SSSR count). The van der Waals surface area contributed by atoms with Gasteiger partial charge in [0, 0.05) is 26.6 Å². The summed E-state index contributed by atoms with van der Waals surface area (Å²) < 4.78 is 26.8. The fourth-order valence-electron chi connectivity index (χ4n) is 3.02. The minimum atomic E-state index is -3.56. The zero-order chi connectivity index (χ0) is 18.4. The molecule has 0 saturated carbocycles. The van der Waals surface area contributed by atoms with Gasteiger partial charge < -0.3 is 10.6 Å². The Morgan fingerprint density at radius 3 is 2.52 bits per heavy atom. The fraction of sp³-hybridized carbons (Fsp3) is 0.500. The van der Waals surface area contributed by atoms with E-state index in [1.807, 2.05) is 0 Å². The van der Waals surface area contributed by atoms with Crippen molar-refractivity contribution in [2.24, 2.45) is 5.92 Å². The van der Waals surface area contributed by atoms with Crippen LogP contribution in [0.15, 0.2) is 35.2 Å². The van der Waals surface area contributed by atoms with Crippen molar-refractivity contribution in [1.29, 1.82) is 0 Å². The molecule has 0 fully saturated rings. The topological polar surface area (TPSA) is 78.5 Å². The third kappa shape index (κ3) is 4.61. The highest BCUT2D eigenvalue weighted by molar-refractivity contribution is 7.89. The summed E-state index contributed by atoms with van der Waals surface area (Å²) in [5, 5.41) is 5.85. The van der Waals surface area contributed by atoms with E-state index in [0.29, 0.717) is 30.9 Å². The van der Waals surface area contributed by atoms with E-state index in [1.165, 1.54) is 10.4 Å². The molecule has 1 aromatic rings. The Bertz CT molecular complexity index is 740. The molecule has 0 unspecified atom stereocenters. The van der Waals surface area contributed by atoms with Gasteiger partial charge in [0.15, 0.2) is 0 Å². The Morgan fingerprint density at radius 2 is 1.96 bits per heavy atom. The number of carbonyl (C=O) groups is 1. The van der Waals surface area contributed by atoms with Crippen LogP contribution in [0.25, 0.3) is 0 Å². The molecule has 7 heteroatoms. The predicted octanol–water partition coefficient (Wildman–Crippen LogP) is 3.05. The van der Waals surface area contributed by atoms with Crippen molar-refractivity contribution in [3.63, 3.8) is 0 Å². The molecule has 6 nitrogen and oxygen atoms in total. The second kappa shape index (κ2) is 8.49. The van der Waals surface area contributed by atoms with Gasteiger partial charge in [-0.1, -0.05) is 26.0 Å². The number of anilines is 2. The summed E-state index contributed by atoms with van der Waals surface area (Å²) in [4.78, 5) is 12.5. The summed E-state index contributed by atoms with van der Waals surface area (Å²) in [6, 6.07) is 4.78. The molecule has 0 spiro atoms. The lowest BCUT2D eigenvalue weighted by molar-refractivity contribution is -0.116. The van der Waals surface area contributed by atoms with Gasteiger partial charge in [0.1, 0.15) is 0 Å². The zero-order valence-corrected chi connectivity index (χ0v) is 15.9. The lowest BCUT2D eigenvalue weighted by Gasteiger charge is -2.20. The van der Waals surface area contributed by atoms with Gasteiger partial charge in [-0.05, 0) is 37.0 Å². The quantitative estimate of drug-likeness (QED) is 0.694. The first kappa shape index (κ1) is 19.5. The van der Waals surface area contributed by atoms with E-state index in [2.05, 4.69) is 22.8 Å². The molecular formula is C18H27N3O3S. The number of allylic oxidation sites excluding steroid dienone is 2. The minimum Gasteiger partial charge on any atom is -0.386 e. The van der Waals surface area contributed by atoms with Gasteiger partial charge in [-0.2, -0.15) is 4.31 Å². The molecule has 0 heterocycles. The maximum absolute atomic E-state index is 12.7. The highest BCUT2D eigenvalue weighted by atomic mass is 32.2. The fourth-order valence-corrected chi connectivity index (χ4v) is 4.51. The van der Waals surface area contributed by atoms with Crippen molar-refractivity contribution in [1.82, 2.24) is 4.31 Å². The van der Waals surface area contributed by atoms with Crippen molar-refractivity contribution in [3.05, 3.63) is 30.4 Å². The Morgan fingerprint density at radius 1 is 1.24 bits per heavy atom.